The summed E-state index contributed by atoms with van der Waals surface area (Å²) in [5.41, 5.74) is 0. The van der Waals surface area contributed by atoms with Crippen molar-refractivity contribution in [3.05, 3.63) is 0 Å². The van der Waals surface area contributed by atoms with Crippen LogP contribution in [0.3, 0.4) is 0 Å². The van der Waals surface area contributed by atoms with Gasteiger partial charge in [0.25, 0.3) is 0 Å². The molecule has 0 aliphatic heterocycles. The fraction of sp³-hybridized carbons (Fsp3) is 0.948. The van der Waals surface area contributed by atoms with Crippen LogP contribution in [0, 0.1) is 5.92 Å². The molecule has 0 spiro atoms. The smallest absolute Gasteiger partial charge is 0.462 e. The fourth-order valence-corrected chi connectivity index (χ4v) is 13.4. The molecule has 0 radical (unpaired) electrons. The van der Waals surface area contributed by atoms with E-state index in [0.29, 0.717) is 25.7 Å². The molecule has 6 atom stereocenters. The van der Waals surface area contributed by atoms with Crippen molar-refractivity contribution in [2.24, 2.45) is 5.92 Å². The molecule has 0 aromatic heterocycles. The molecule has 0 aliphatic rings. The molecular weight excluding hydrogens is 1260 g/mol. The Bertz CT molecular complexity index is 1840. The lowest BCUT2D eigenvalue weighted by Crippen LogP contribution is -2.30. The highest BCUT2D eigenvalue weighted by Crippen LogP contribution is 2.45. The molecular formula is C77H150O17P2. The van der Waals surface area contributed by atoms with Crippen molar-refractivity contribution in [3.8, 4) is 0 Å². The topological polar surface area (TPSA) is 237 Å². The molecule has 0 heterocycles. The van der Waals surface area contributed by atoms with Gasteiger partial charge >= 0.3 is 39.5 Å². The summed E-state index contributed by atoms with van der Waals surface area (Å²) in [6.07, 6.45) is 59.3. The van der Waals surface area contributed by atoms with Gasteiger partial charge in [0.2, 0.25) is 0 Å². The van der Waals surface area contributed by atoms with Crippen LogP contribution in [0.2, 0.25) is 0 Å². The van der Waals surface area contributed by atoms with Crippen molar-refractivity contribution < 1.29 is 80.2 Å². The van der Waals surface area contributed by atoms with Gasteiger partial charge in [0.1, 0.15) is 19.3 Å². The van der Waals surface area contributed by atoms with Gasteiger partial charge in [0, 0.05) is 25.7 Å². The molecule has 3 N–H and O–H groups in total. The molecule has 0 aliphatic carbocycles. The molecule has 0 fully saturated rings. The molecule has 0 amide bonds. The standard InChI is InChI=1S/C77H150O17P2/c1-6-10-13-16-19-22-25-28-30-33-36-43-48-53-58-63-77(82)94-73(67-88-75(80)61-56-51-46-41-38-37-39-44-49-54-59-70(5)9-4)69-92-96(85,86)90-65-71(78)64-89-95(83,84)91-68-72(66-87-74(79)60-55-50-45-40-34-31-27-24-21-18-15-12-8-3)93-76(81)62-57-52-47-42-35-32-29-26-23-20-17-14-11-7-2/h70-73,78H,6-69H2,1-5H3,(H,83,84)(H,85,86)/t70?,71-,72+,73+/m0/s1. The van der Waals surface area contributed by atoms with Crippen LogP contribution in [0.5, 0.6) is 0 Å². The number of carbonyl (C=O) groups is 4. The Hall–Kier alpha value is -1.94. The Balaban J connectivity index is 5.27. The van der Waals surface area contributed by atoms with Crippen molar-refractivity contribution >= 4 is 39.5 Å². The van der Waals surface area contributed by atoms with Crippen molar-refractivity contribution in [2.45, 2.75) is 425 Å². The first kappa shape index (κ1) is 94.1. The first-order chi connectivity index (χ1) is 46.6. The first-order valence-corrected chi connectivity index (χ1v) is 43.2. The van der Waals surface area contributed by atoms with Crippen LogP contribution in [-0.2, 0) is 65.4 Å². The molecule has 96 heavy (non-hydrogen) atoms. The van der Waals surface area contributed by atoms with Crippen molar-refractivity contribution in [2.75, 3.05) is 39.6 Å². The summed E-state index contributed by atoms with van der Waals surface area (Å²) in [6.45, 7) is 7.34. The monoisotopic (exact) mass is 1410 g/mol. The summed E-state index contributed by atoms with van der Waals surface area (Å²) >= 11 is 0. The van der Waals surface area contributed by atoms with Crippen LogP contribution < -0.4 is 0 Å². The zero-order valence-electron chi connectivity index (χ0n) is 62.5. The summed E-state index contributed by atoms with van der Waals surface area (Å²) in [4.78, 5) is 72.9. The Labute approximate surface area is 588 Å². The summed E-state index contributed by atoms with van der Waals surface area (Å²) in [5, 5.41) is 10.6. The SMILES string of the molecule is CCCCCCCCCCCCCCCCCC(=O)O[C@H](COC(=O)CCCCCCCCCCCCC(C)CC)COP(=O)(O)OC[C@@H](O)COP(=O)(O)OC[C@@H](COC(=O)CCCCCCCCCCCCCCC)OC(=O)CCCCCCCCCCCCCCCC. The van der Waals surface area contributed by atoms with Gasteiger partial charge in [-0.3, -0.25) is 37.3 Å². The second-order valence-corrected chi connectivity index (χ2v) is 30.9. The van der Waals surface area contributed by atoms with Crippen molar-refractivity contribution in [1.82, 2.24) is 0 Å². The fourth-order valence-electron chi connectivity index (χ4n) is 11.8. The van der Waals surface area contributed by atoms with E-state index in [9.17, 15) is 43.2 Å². The van der Waals surface area contributed by atoms with E-state index < -0.39 is 97.5 Å². The Morgan fingerprint density at radius 1 is 0.292 bits per heavy atom. The van der Waals surface area contributed by atoms with Gasteiger partial charge in [0.15, 0.2) is 12.2 Å². The van der Waals surface area contributed by atoms with Gasteiger partial charge in [-0.15, -0.1) is 0 Å². The number of carbonyl (C=O) groups excluding carboxylic acids is 4. The van der Waals surface area contributed by atoms with Crippen LogP contribution >= 0.6 is 15.6 Å². The van der Waals surface area contributed by atoms with Gasteiger partial charge in [0.05, 0.1) is 26.4 Å². The van der Waals surface area contributed by atoms with Crippen LogP contribution in [0.25, 0.3) is 0 Å². The Morgan fingerprint density at radius 2 is 0.500 bits per heavy atom. The van der Waals surface area contributed by atoms with Gasteiger partial charge < -0.3 is 33.8 Å². The molecule has 19 heteroatoms. The highest BCUT2D eigenvalue weighted by molar-refractivity contribution is 7.47. The normalized spacial score (nSPS) is 14.2. The lowest BCUT2D eigenvalue weighted by Gasteiger charge is -2.21. The van der Waals surface area contributed by atoms with Gasteiger partial charge in [-0.05, 0) is 31.6 Å². The minimum atomic E-state index is -4.96. The quantitative estimate of drug-likeness (QED) is 0.0222. The number of aliphatic hydroxyl groups excluding tert-OH is 1. The minimum absolute atomic E-state index is 0.108. The molecule has 0 saturated heterocycles. The maximum atomic E-state index is 13.1. The predicted octanol–water partition coefficient (Wildman–Crippen LogP) is 22.9. The molecule has 3 unspecified atom stereocenters. The van der Waals surface area contributed by atoms with Crippen LogP contribution in [0.4, 0.5) is 0 Å². The summed E-state index contributed by atoms with van der Waals surface area (Å²) < 4.78 is 68.6. The van der Waals surface area contributed by atoms with E-state index in [1.165, 1.54) is 231 Å². The molecule has 0 saturated carbocycles. The summed E-state index contributed by atoms with van der Waals surface area (Å²) in [6, 6.07) is 0. The van der Waals surface area contributed by atoms with E-state index in [2.05, 4.69) is 34.6 Å². The van der Waals surface area contributed by atoms with Crippen molar-refractivity contribution in [1.29, 1.82) is 0 Å². The predicted molar refractivity (Wildman–Crippen MR) is 391 cm³/mol. The summed E-state index contributed by atoms with van der Waals surface area (Å²) in [7, 11) is -9.91. The molecule has 0 rings (SSSR count). The first-order valence-electron chi connectivity index (χ1n) is 40.2. The number of phosphoric acid groups is 2. The third-order valence-electron chi connectivity index (χ3n) is 18.4. The number of hydrogen-bond donors (Lipinski definition) is 3. The van der Waals surface area contributed by atoms with Gasteiger partial charge in [-0.1, -0.05) is 356 Å². The Morgan fingerprint density at radius 3 is 0.740 bits per heavy atom. The van der Waals surface area contributed by atoms with E-state index in [1.54, 1.807) is 0 Å². The number of unbranched alkanes of at least 4 members (excludes halogenated alkanes) is 48. The Kier molecular flexibility index (Phi) is 68.7. The number of esters is 4. The molecule has 17 nitrogen and oxygen atoms in total. The van der Waals surface area contributed by atoms with Gasteiger partial charge in [-0.2, -0.15) is 0 Å². The highest BCUT2D eigenvalue weighted by atomic mass is 31.2. The third kappa shape index (κ3) is 69.2. The molecule has 0 aromatic carbocycles. The maximum absolute atomic E-state index is 13.1. The second kappa shape index (κ2) is 70.1. The maximum Gasteiger partial charge on any atom is 0.472 e. The molecule has 0 bridgehead atoms. The van der Waals surface area contributed by atoms with Crippen molar-refractivity contribution in [3.63, 3.8) is 0 Å². The van der Waals surface area contributed by atoms with Crippen LogP contribution in [-0.4, -0.2) is 96.7 Å². The molecule has 570 valence electrons. The lowest BCUT2D eigenvalue weighted by atomic mass is 9.99. The van der Waals surface area contributed by atoms with E-state index in [4.69, 9.17) is 37.0 Å². The van der Waals surface area contributed by atoms with E-state index in [0.717, 1.165) is 95.8 Å². The average molecular weight is 1410 g/mol. The third-order valence-corrected chi connectivity index (χ3v) is 20.3. The summed E-state index contributed by atoms with van der Waals surface area (Å²) in [5.74, 6) is -1.30. The number of rotatable bonds is 77. The zero-order chi connectivity index (χ0) is 70.5. The van der Waals surface area contributed by atoms with E-state index >= 15 is 0 Å². The largest absolute Gasteiger partial charge is 0.472 e. The number of phosphoric ester groups is 2. The molecule has 0 aromatic rings. The van der Waals surface area contributed by atoms with Crippen LogP contribution in [0.15, 0.2) is 0 Å². The second-order valence-electron chi connectivity index (χ2n) is 28.0. The lowest BCUT2D eigenvalue weighted by molar-refractivity contribution is -0.161. The van der Waals surface area contributed by atoms with Gasteiger partial charge in [-0.25, -0.2) is 9.13 Å². The number of ether oxygens (including phenoxy) is 4. The number of aliphatic hydroxyl groups is 1. The van der Waals surface area contributed by atoms with Crippen LogP contribution in [0.1, 0.15) is 407 Å². The van der Waals surface area contributed by atoms with E-state index in [1.807, 2.05) is 0 Å². The number of hydrogen-bond acceptors (Lipinski definition) is 15. The zero-order valence-corrected chi connectivity index (χ0v) is 64.3. The highest BCUT2D eigenvalue weighted by Gasteiger charge is 2.30. The van der Waals surface area contributed by atoms with E-state index in [-0.39, 0.29) is 25.7 Å². The minimum Gasteiger partial charge on any atom is -0.462 e. The average Bonchev–Trinajstić information content (AvgIpc) is 1.25.